The van der Waals surface area contributed by atoms with E-state index in [4.69, 9.17) is 4.74 Å². The molecule has 2 aromatic carbocycles. The number of aliphatic hydroxyl groups is 1. The maximum absolute atomic E-state index is 13.1. The summed E-state index contributed by atoms with van der Waals surface area (Å²) < 4.78 is 5.52. The number of hydrogen-bond donors (Lipinski definition) is 1. The van der Waals surface area contributed by atoms with Crippen LogP contribution in [0.1, 0.15) is 28.4 Å². The standard InChI is InChI=1S/C20H21NO4/c1-20(13-16-9-5-6-10-17(16)18(23)25-20)19(24)21(11-12-22)14-15-7-3-2-4-8-15/h2-10,22H,11-14H2,1H3. The first-order chi connectivity index (χ1) is 12.0. The molecular weight excluding hydrogens is 318 g/mol. The van der Waals surface area contributed by atoms with Gasteiger partial charge in [-0.05, 0) is 24.1 Å². The molecule has 2 aromatic rings. The highest BCUT2D eigenvalue weighted by Gasteiger charge is 2.44. The minimum Gasteiger partial charge on any atom is -0.445 e. The van der Waals surface area contributed by atoms with E-state index in [9.17, 15) is 14.7 Å². The number of aliphatic hydroxyl groups excluding tert-OH is 1. The minimum absolute atomic E-state index is 0.154. The van der Waals surface area contributed by atoms with Crippen LogP contribution in [-0.4, -0.2) is 40.6 Å². The summed E-state index contributed by atoms with van der Waals surface area (Å²) in [6, 6.07) is 16.7. The zero-order valence-corrected chi connectivity index (χ0v) is 14.1. The van der Waals surface area contributed by atoms with Crippen molar-refractivity contribution in [1.29, 1.82) is 0 Å². The Morgan fingerprint density at radius 3 is 2.56 bits per heavy atom. The third kappa shape index (κ3) is 3.56. The van der Waals surface area contributed by atoms with Crippen LogP contribution in [0.2, 0.25) is 0 Å². The summed E-state index contributed by atoms with van der Waals surface area (Å²) in [6.07, 6.45) is 0.324. The monoisotopic (exact) mass is 339 g/mol. The van der Waals surface area contributed by atoms with Gasteiger partial charge in [-0.3, -0.25) is 4.79 Å². The van der Waals surface area contributed by atoms with Crippen LogP contribution in [-0.2, 0) is 22.5 Å². The highest BCUT2D eigenvalue weighted by Crippen LogP contribution is 2.30. The molecule has 0 bridgehead atoms. The van der Waals surface area contributed by atoms with Gasteiger partial charge in [0.1, 0.15) is 0 Å². The van der Waals surface area contributed by atoms with E-state index in [1.807, 2.05) is 42.5 Å². The van der Waals surface area contributed by atoms with Crippen LogP contribution in [0.15, 0.2) is 54.6 Å². The smallest absolute Gasteiger partial charge is 0.339 e. The molecule has 0 fully saturated rings. The lowest BCUT2D eigenvalue weighted by Crippen LogP contribution is -2.53. The van der Waals surface area contributed by atoms with Crippen LogP contribution in [0.5, 0.6) is 0 Å². The summed E-state index contributed by atoms with van der Waals surface area (Å²) in [6.45, 7) is 2.02. The summed E-state index contributed by atoms with van der Waals surface area (Å²) in [5.74, 6) is -0.783. The Labute approximate surface area is 146 Å². The van der Waals surface area contributed by atoms with E-state index in [1.54, 1.807) is 19.1 Å². The molecule has 5 nitrogen and oxygen atoms in total. The molecule has 1 aliphatic heterocycles. The number of carbonyl (C=O) groups excluding carboxylic acids is 2. The van der Waals surface area contributed by atoms with Gasteiger partial charge in [-0.15, -0.1) is 0 Å². The van der Waals surface area contributed by atoms with E-state index in [1.165, 1.54) is 4.90 Å². The lowest BCUT2D eigenvalue weighted by molar-refractivity contribution is -0.152. The molecule has 0 aromatic heterocycles. The number of benzene rings is 2. The van der Waals surface area contributed by atoms with Crippen LogP contribution in [0, 0.1) is 0 Å². The summed E-state index contributed by atoms with van der Waals surface area (Å²) in [7, 11) is 0. The van der Waals surface area contributed by atoms with E-state index in [0.29, 0.717) is 18.5 Å². The average molecular weight is 339 g/mol. The maximum atomic E-state index is 13.1. The molecule has 0 saturated heterocycles. The van der Waals surface area contributed by atoms with Crippen molar-refractivity contribution in [2.75, 3.05) is 13.2 Å². The van der Waals surface area contributed by atoms with Crippen LogP contribution in [0.25, 0.3) is 0 Å². The zero-order valence-electron chi connectivity index (χ0n) is 14.1. The number of ether oxygens (including phenoxy) is 1. The Balaban J connectivity index is 1.85. The van der Waals surface area contributed by atoms with Gasteiger partial charge in [-0.25, -0.2) is 4.79 Å². The second-order valence-corrected chi connectivity index (χ2v) is 6.39. The van der Waals surface area contributed by atoms with Crippen molar-refractivity contribution in [2.24, 2.45) is 0 Å². The molecule has 1 amide bonds. The summed E-state index contributed by atoms with van der Waals surface area (Å²) in [5.41, 5.74) is 0.994. The van der Waals surface area contributed by atoms with E-state index < -0.39 is 11.6 Å². The van der Waals surface area contributed by atoms with Gasteiger partial charge in [0, 0.05) is 19.5 Å². The number of cyclic esters (lactones) is 1. The van der Waals surface area contributed by atoms with Crippen LogP contribution in [0.3, 0.4) is 0 Å². The van der Waals surface area contributed by atoms with E-state index in [2.05, 4.69) is 0 Å². The van der Waals surface area contributed by atoms with E-state index >= 15 is 0 Å². The van der Waals surface area contributed by atoms with E-state index in [0.717, 1.165) is 11.1 Å². The Morgan fingerprint density at radius 2 is 1.84 bits per heavy atom. The lowest BCUT2D eigenvalue weighted by Gasteiger charge is -2.37. The summed E-state index contributed by atoms with van der Waals surface area (Å²) in [4.78, 5) is 26.9. The Kier molecular flexibility index (Phi) is 4.86. The highest BCUT2D eigenvalue weighted by molar-refractivity contribution is 5.97. The molecule has 1 heterocycles. The first-order valence-electron chi connectivity index (χ1n) is 8.29. The van der Waals surface area contributed by atoms with Gasteiger partial charge < -0.3 is 14.7 Å². The van der Waals surface area contributed by atoms with Crippen molar-refractivity contribution in [3.05, 3.63) is 71.3 Å². The van der Waals surface area contributed by atoms with Crippen LogP contribution >= 0.6 is 0 Å². The molecule has 1 N–H and O–H groups in total. The number of carbonyl (C=O) groups is 2. The van der Waals surface area contributed by atoms with Gasteiger partial charge in [-0.2, -0.15) is 0 Å². The quantitative estimate of drug-likeness (QED) is 0.848. The Bertz CT molecular complexity index is 774. The van der Waals surface area contributed by atoms with E-state index in [-0.39, 0.29) is 19.1 Å². The fourth-order valence-electron chi connectivity index (χ4n) is 3.16. The molecule has 0 saturated carbocycles. The highest BCUT2D eigenvalue weighted by atomic mass is 16.6. The molecule has 3 rings (SSSR count). The minimum atomic E-state index is -1.27. The fourth-order valence-corrected chi connectivity index (χ4v) is 3.16. The second kappa shape index (κ2) is 7.07. The van der Waals surface area contributed by atoms with Crippen molar-refractivity contribution in [1.82, 2.24) is 4.90 Å². The zero-order chi connectivity index (χ0) is 17.9. The largest absolute Gasteiger partial charge is 0.445 e. The SMILES string of the molecule is CC1(C(=O)N(CCO)Cc2ccccc2)Cc2ccccc2C(=O)O1. The molecule has 0 spiro atoms. The Hall–Kier alpha value is -2.66. The predicted molar refractivity (Wildman–Crippen MR) is 92.9 cm³/mol. The number of nitrogens with zero attached hydrogens (tertiary/aromatic N) is 1. The third-order valence-electron chi connectivity index (χ3n) is 4.41. The van der Waals surface area contributed by atoms with Gasteiger partial charge >= 0.3 is 5.97 Å². The molecular formula is C20H21NO4. The van der Waals surface area contributed by atoms with Crippen molar-refractivity contribution in [3.63, 3.8) is 0 Å². The molecule has 5 heteroatoms. The Morgan fingerprint density at radius 1 is 1.16 bits per heavy atom. The first kappa shape index (κ1) is 17.2. The second-order valence-electron chi connectivity index (χ2n) is 6.39. The fraction of sp³-hybridized carbons (Fsp3) is 0.300. The molecule has 0 aliphatic carbocycles. The first-order valence-corrected chi connectivity index (χ1v) is 8.29. The van der Waals surface area contributed by atoms with Gasteiger partial charge in [-0.1, -0.05) is 48.5 Å². The molecule has 1 atom stereocenters. The van der Waals surface area contributed by atoms with Crippen molar-refractivity contribution < 1.29 is 19.4 Å². The molecule has 130 valence electrons. The number of fused-ring (bicyclic) bond motifs is 1. The molecule has 1 aliphatic rings. The number of hydrogen-bond acceptors (Lipinski definition) is 4. The molecule has 0 radical (unpaired) electrons. The van der Waals surface area contributed by atoms with Crippen molar-refractivity contribution >= 4 is 11.9 Å². The predicted octanol–water partition coefficient (Wildman–Crippen LogP) is 2.18. The van der Waals surface area contributed by atoms with Crippen molar-refractivity contribution in [2.45, 2.75) is 25.5 Å². The van der Waals surface area contributed by atoms with Gasteiger partial charge in [0.25, 0.3) is 5.91 Å². The maximum Gasteiger partial charge on any atom is 0.339 e. The van der Waals surface area contributed by atoms with Crippen molar-refractivity contribution in [3.8, 4) is 0 Å². The molecule has 1 unspecified atom stereocenters. The number of amides is 1. The van der Waals surface area contributed by atoms with Gasteiger partial charge in [0.2, 0.25) is 0 Å². The van der Waals surface area contributed by atoms with Crippen LogP contribution in [0.4, 0.5) is 0 Å². The molecule has 25 heavy (non-hydrogen) atoms. The number of rotatable bonds is 5. The number of esters is 1. The normalized spacial score (nSPS) is 19.0. The summed E-state index contributed by atoms with van der Waals surface area (Å²) in [5, 5.41) is 9.35. The topological polar surface area (TPSA) is 66.8 Å². The average Bonchev–Trinajstić information content (AvgIpc) is 2.61. The van der Waals surface area contributed by atoms with Gasteiger partial charge in [0.15, 0.2) is 5.60 Å². The summed E-state index contributed by atoms with van der Waals surface area (Å²) >= 11 is 0. The van der Waals surface area contributed by atoms with Gasteiger partial charge in [0.05, 0.1) is 12.2 Å². The lowest BCUT2D eigenvalue weighted by atomic mass is 9.88. The van der Waals surface area contributed by atoms with Crippen LogP contribution < -0.4 is 0 Å². The third-order valence-corrected chi connectivity index (χ3v) is 4.41.